The minimum absolute atomic E-state index is 0.180. The third-order valence-electron chi connectivity index (χ3n) is 9.45. The number of benzene rings is 1. The number of likely N-dealkylation sites (tertiary alicyclic amines) is 1. The Bertz CT molecular complexity index is 1650. The van der Waals surface area contributed by atoms with Gasteiger partial charge in [-0.2, -0.15) is 8.78 Å². The molecule has 280 valence electrons. The van der Waals surface area contributed by atoms with E-state index < -0.39 is 76.2 Å². The van der Waals surface area contributed by atoms with E-state index in [1.165, 1.54) is 18.1 Å². The summed E-state index contributed by atoms with van der Waals surface area (Å²) in [6.45, 7) is 21.0. The van der Waals surface area contributed by atoms with E-state index in [0.717, 1.165) is 12.8 Å². The summed E-state index contributed by atoms with van der Waals surface area (Å²) in [6, 6.07) is 2.32. The molecular weight excluding hydrogens is 662 g/mol. The van der Waals surface area contributed by atoms with Gasteiger partial charge < -0.3 is 29.2 Å². The number of methoxy groups -OCH3 is 1. The standard InChI is InChI=1S/C38H52F2N4O7/c1-12-15-16-22-20-37(22,10)51-34(47)43-30(35(4,5)6)32(45)44-21-27(24(13-2)28(44)33(46)50-36(7,8)9)49-31-29(38(39,40)14-3)41-25-18-17-23(48-11)19-26(25)42-31/h12,14,17-19,22,24,27-28,30H,1,3,13,15-16,20-21H2,2,4-11H3,(H,43,47)/t22?,24-,27+,28+,30-,37?/m1/s1. The minimum atomic E-state index is -3.62. The zero-order valence-corrected chi connectivity index (χ0v) is 31.2. The molecule has 2 fully saturated rings. The molecule has 1 aliphatic heterocycles. The normalized spacial score (nSPS) is 24.0. The van der Waals surface area contributed by atoms with Crippen molar-refractivity contribution in [2.75, 3.05) is 13.7 Å². The molecule has 51 heavy (non-hydrogen) atoms. The third kappa shape index (κ3) is 8.96. The lowest BCUT2D eigenvalue weighted by Crippen LogP contribution is -2.58. The number of nitrogens with one attached hydrogen (secondary N) is 1. The number of ether oxygens (including phenoxy) is 4. The van der Waals surface area contributed by atoms with Gasteiger partial charge in [0.15, 0.2) is 5.69 Å². The fraction of sp³-hybridized carbons (Fsp3) is 0.605. The fourth-order valence-electron chi connectivity index (χ4n) is 6.52. The van der Waals surface area contributed by atoms with E-state index in [0.29, 0.717) is 24.7 Å². The Labute approximate surface area is 299 Å². The molecule has 1 aliphatic carbocycles. The van der Waals surface area contributed by atoms with Crippen LogP contribution < -0.4 is 14.8 Å². The smallest absolute Gasteiger partial charge is 0.408 e. The van der Waals surface area contributed by atoms with E-state index in [9.17, 15) is 14.4 Å². The average Bonchev–Trinajstić information content (AvgIpc) is 3.52. The number of hydrogen-bond donors (Lipinski definition) is 1. The van der Waals surface area contributed by atoms with Crippen LogP contribution in [0.15, 0.2) is 43.5 Å². The average molecular weight is 715 g/mol. The molecule has 6 atom stereocenters. The number of alkyl halides is 2. The number of hydrogen-bond acceptors (Lipinski definition) is 9. The second-order valence-electron chi connectivity index (χ2n) is 15.7. The number of halogens is 2. The van der Waals surface area contributed by atoms with Crippen molar-refractivity contribution in [1.29, 1.82) is 0 Å². The number of nitrogens with zero attached hydrogens (tertiary/aromatic N) is 3. The fourth-order valence-corrected chi connectivity index (χ4v) is 6.52. The number of aromatic nitrogens is 2. The van der Waals surface area contributed by atoms with Gasteiger partial charge in [-0.25, -0.2) is 19.6 Å². The van der Waals surface area contributed by atoms with E-state index in [1.54, 1.807) is 60.6 Å². The molecule has 1 aromatic carbocycles. The first-order valence-corrected chi connectivity index (χ1v) is 17.4. The summed E-state index contributed by atoms with van der Waals surface area (Å²) in [6.07, 6.45) is 3.16. The highest BCUT2D eigenvalue weighted by molar-refractivity contribution is 5.91. The second kappa shape index (κ2) is 14.7. The largest absolute Gasteiger partial charge is 0.497 e. The highest BCUT2D eigenvalue weighted by atomic mass is 19.3. The molecule has 1 N–H and O–H groups in total. The predicted octanol–water partition coefficient (Wildman–Crippen LogP) is 7.13. The van der Waals surface area contributed by atoms with Crippen LogP contribution >= 0.6 is 0 Å². The first kappa shape index (κ1) is 39.5. The van der Waals surface area contributed by atoms with Gasteiger partial charge >= 0.3 is 18.0 Å². The van der Waals surface area contributed by atoms with E-state index >= 15 is 8.78 Å². The maximum Gasteiger partial charge on any atom is 0.408 e. The molecule has 2 amide bonds. The highest BCUT2D eigenvalue weighted by Gasteiger charge is 2.55. The molecule has 0 spiro atoms. The molecule has 0 bridgehead atoms. The third-order valence-corrected chi connectivity index (χ3v) is 9.45. The topological polar surface area (TPSA) is 129 Å². The number of alkyl carbamates (subject to hydrolysis) is 1. The van der Waals surface area contributed by atoms with Crippen molar-refractivity contribution >= 4 is 29.0 Å². The summed E-state index contributed by atoms with van der Waals surface area (Å²) in [4.78, 5) is 51.7. The number of carbonyl (C=O) groups is 3. The van der Waals surface area contributed by atoms with Crippen LogP contribution in [-0.2, 0) is 25.0 Å². The second-order valence-corrected chi connectivity index (χ2v) is 15.7. The number of carbonyl (C=O) groups excluding carboxylic acids is 3. The van der Waals surface area contributed by atoms with Crippen LogP contribution in [0.25, 0.3) is 11.0 Å². The lowest BCUT2D eigenvalue weighted by molar-refractivity contribution is -0.165. The maximum atomic E-state index is 15.3. The maximum absolute atomic E-state index is 15.3. The van der Waals surface area contributed by atoms with Gasteiger partial charge in [-0.05, 0) is 77.0 Å². The van der Waals surface area contributed by atoms with Gasteiger partial charge in [0.1, 0.15) is 35.1 Å². The zero-order chi connectivity index (χ0) is 38.1. The molecule has 1 saturated heterocycles. The van der Waals surface area contributed by atoms with E-state index in [2.05, 4.69) is 28.4 Å². The van der Waals surface area contributed by atoms with Crippen molar-refractivity contribution in [3.63, 3.8) is 0 Å². The number of esters is 1. The Hall–Kier alpha value is -4.29. The van der Waals surface area contributed by atoms with Gasteiger partial charge in [0.05, 0.1) is 24.7 Å². The van der Waals surface area contributed by atoms with Crippen molar-refractivity contribution in [3.8, 4) is 11.6 Å². The molecular formula is C38H52F2N4O7. The molecule has 11 nitrogen and oxygen atoms in total. The Balaban J connectivity index is 1.72. The quantitative estimate of drug-likeness (QED) is 0.170. The van der Waals surface area contributed by atoms with Crippen LogP contribution in [0.4, 0.5) is 13.6 Å². The van der Waals surface area contributed by atoms with Gasteiger partial charge in [-0.1, -0.05) is 40.3 Å². The molecule has 2 aromatic rings. The Morgan fingerprint density at radius 3 is 2.37 bits per heavy atom. The van der Waals surface area contributed by atoms with Crippen molar-refractivity contribution in [2.24, 2.45) is 17.3 Å². The van der Waals surface area contributed by atoms with Crippen LogP contribution in [0.3, 0.4) is 0 Å². The van der Waals surface area contributed by atoms with Crippen molar-refractivity contribution < 1.29 is 42.1 Å². The zero-order valence-electron chi connectivity index (χ0n) is 31.2. The summed E-state index contributed by atoms with van der Waals surface area (Å²) in [5, 5.41) is 2.77. The van der Waals surface area contributed by atoms with Gasteiger partial charge in [-0.3, -0.25) is 4.79 Å². The van der Waals surface area contributed by atoms with Gasteiger partial charge in [0.2, 0.25) is 11.8 Å². The first-order chi connectivity index (χ1) is 23.7. The number of fused-ring (bicyclic) bond motifs is 1. The molecule has 4 rings (SSSR count). The van der Waals surface area contributed by atoms with Crippen LogP contribution in [0.2, 0.25) is 0 Å². The van der Waals surface area contributed by atoms with Crippen molar-refractivity contribution in [2.45, 2.75) is 116 Å². The van der Waals surface area contributed by atoms with Crippen LogP contribution in [-0.4, -0.2) is 75.9 Å². The SMILES string of the molecule is C=CCCC1CC1(C)OC(=O)N[C@H](C(=O)N1C[C@H](Oc2nc3cc(OC)ccc3nc2C(F)(F)C=C)[C@@H](CC)[C@H]1C(=O)OC(C)(C)C)C(C)(C)C. The Morgan fingerprint density at radius 2 is 1.80 bits per heavy atom. The Kier molecular flexibility index (Phi) is 11.4. The van der Waals surface area contributed by atoms with E-state index in [1.807, 2.05) is 13.0 Å². The summed E-state index contributed by atoms with van der Waals surface area (Å²) >= 11 is 0. The molecule has 0 radical (unpaired) electrons. The summed E-state index contributed by atoms with van der Waals surface area (Å²) < 4.78 is 53.8. The lowest BCUT2D eigenvalue weighted by Gasteiger charge is -2.36. The molecule has 2 heterocycles. The summed E-state index contributed by atoms with van der Waals surface area (Å²) in [5.41, 5.74) is -2.74. The van der Waals surface area contributed by atoms with Gasteiger partial charge in [-0.15, -0.1) is 6.58 Å². The Morgan fingerprint density at radius 1 is 1.12 bits per heavy atom. The van der Waals surface area contributed by atoms with E-state index in [4.69, 9.17) is 18.9 Å². The van der Waals surface area contributed by atoms with Crippen molar-refractivity contribution in [3.05, 3.63) is 49.2 Å². The van der Waals surface area contributed by atoms with Crippen LogP contribution in [0.1, 0.15) is 86.8 Å². The summed E-state index contributed by atoms with van der Waals surface area (Å²) in [5.74, 6) is -5.45. The van der Waals surface area contributed by atoms with Crippen LogP contribution in [0.5, 0.6) is 11.6 Å². The molecule has 1 aromatic heterocycles. The minimum Gasteiger partial charge on any atom is -0.497 e. The number of rotatable bonds is 13. The molecule has 13 heteroatoms. The predicted molar refractivity (Wildman–Crippen MR) is 189 cm³/mol. The molecule has 1 saturated carbocycles. The monoisotopic (exact) mass is 714 g/mol. The number of amides is 2. The first-order valence-electron chi connectivity index (χ1n) is 17.4. The highest BCUT2D eigenvalue weighted by Crippen LogP contribution is 2.49. The van der Waals surface area contributed by atoms with Crippen LogP contribution in [0, 0.1) is 17.3 Å². The van der Waals surface area contributed by atoms with Crippen molar-refractivity contribution in [1.82, 2.24) is 20.2 Å². The number of allylic oxidation sites excluding steroid dienone is 2. The van der Waals surface area contributed by atoms with Gasteiger partial charge in [0.25, 0.3) is 0 Å². The van der Waals surface area contributed by atoms with E-state index in [-0.39, 0.29) is 23.5 Å². The molecule has 2 aliphatic rings. The summed E-state index contributed by atoms with van der Waals surface area (Å²) in [7, 11) is 1.46. The lowest BCUT2D eigenvalue weighted by atomic mass is 9.85. The molecule has 2 unspecified atom stereocenters. The van der Waals surface area contributed by atoms with Gasteiger partial charge in [0, 0.05) is 17.9 Å².